The van der Waals surface area contributed by atoms with Crippen molar-refractivity contribution in [2.75, 3.05) is 38.5 Å². The van der Waals surface area contributed by atoms with E-state index in [-0.39, 0.29) is 18.4 Å². The molecular formula is C14H22N2O4. The molecule has 1 aromatic carbocycles. The van der Waals surface area contributed by atoms with E-state index in [0.29, 0.717) is 30.3 Å². The first-order chi connectivity index (χ1) is 9.56. The first-order valence-electron chi connectivity index (χ1n) is 6.40. The number of anilines is 2. The second-order valence-electron chi connectivity index (χ2n) is 4.39. The van der Waals surface area contributed by atoms with Crippen LogP contribution in [0.15, 0.2) is 18.2 Å². The number of rotatable bonds is 8. The van der Waals surface area contributed by atoms with E-state index in [1.807, 2.05) is 6.92 Å². The molecule has 0 bridgehead atoms. The van der Waals surface area contributed by atoms with Crippen LogP contribution in [-0.2, 0) is 14.3 Å². The monoisotopic (exact) mass is 282 g/mol. The summed E-state index contributed by atoms with van der Waals surface area (Å²) in [5.74, 6) is 0.503. The number of hydrogen-bond donors (Lipinski definition) is 2. The zero-order chi connectivity index (χ0) is 15.0. The number of amides is 1. The molecule has 0 spiro atoms. The molecule has 1 atom stereocenters. The smallest absolute Gasteiger partial charge is 0.226 e. The van der Waals surface area contributed by atoms with Crippen LogP contribution in [0.25, 0.3) is 0 Å². The van der Waals surface area contributed by atoms with Crippen molar-refractivity contribution in [2.24, 2.45) is 0 Å². The number of ether oxygens (including phenoxy) is 3. The molecule has 0 heterocycles. The van der Waals surface area contributed by atoms with E-state index in [4.69, 9.17) is 19.9 Å². The zero-order valence-electron chi connectivity index (χ0n) is 12.1. The number of benzene rings is 1. The van der Waals surface area contributed by atoms with Gasteiger partial charge in [0.2, 0.25) is 5.91 Å². The molecule has 112 valence electrons. The molecule has 6 nitrogen and oxygen atoms in total. The highest BCUT2D eigenvalue weighted by Gasteiger charge is 2.08. The van der Waals surface area contributed by atoms with Crippen molar-refractivity contribution in [1.82, 2.24) is 0 Å². The highest BCUT2D eigenvalue weighted by Crippen LogP contribution is 2.24. The average Bonchev–Trinajstić information content (AvgIpc) is 2.41. The number of hydrogen-bond acceptors (Lipinski definition) is 5. The van der Waals surface area contributed by atoms with Crippen molar-refractivity contribution in [3.05, 3.63) is 18.2 Å². The predicted octanol–water partition coefficient (Wildman–Crippen LogP) is 1.66. The topological polar surface area (TPSA) is 82.8 Å². The van der Waals surface area contributed by atoms with Gasteiger partial charge in [0, 0.05) is 13.2 Å². The lowest BCUT2D eigenvalue weighted by Gasteiger charge is -2.12. The molecular weight excluding hydrogens is 260 g/mol. The predicted molar refractivity (Wildman–Crippen MR) is 77.9 cm³/mol. The highest BCUT2D eigenvalue weighted by molar-refractivity contribution is 5.94. The summed E-state index contributed by atoms with van der Waals surface area (Å²) in [4.78, 5) is 11.7. The molecule has 1 unspecified atom stereocenters. The third kappa shape index (κ3) is 5.46. The number of nitrogen functional groups attached to an aromatic ring is 1. The summed E-state index contributed by atoms with van der Waals surface area (Å²) in [5.41, 5.74) is 6.85. The Bertz CT molecular complexity index is 437. The van der Waals surface area contributed by atoms with E-state index >= 15 is 0 Å². The zero-order valence-corrected chi connectivity index (χ0v) is 12.1. The van der Waals surface area contributed by atoms with Crippen LogP contribution in [0.5, 0.6) is 5.75 Å². The second-order valence-corrected chi connectivity index (χ2v) is 4.39. The van der Waals surface area contributed by atoms with Crippen LogP contribution in [-0.4, -0.2) is 39.4 Å². The maximum atomic E-state index is 11.7. The minimum absolute atomic E-state index is 0.0288. The number of carbonyl (C=O) groups excluding carboxylic acids is 1. The van der Waals surface area contributed by atoms with E-state index in [1.165, 1.54) is 0 Å². The molecule has 0 saturated carbocycles. The fourth-order valence-corrected chi connectivity index (χ4v) is 1.63. The van der Waals surface area contributed by atoms with E-state index in [9.17, 15) is 4.79 Å². The van der Waals surface area contributed by atoms with Gasteiger partial charge in [-0.2, -0.15) is 0 Å². The van der Waals surface area contributed by atoms with Crippen molar-refractivity contribution < 1.29 is 19.0 Å². The van der Waals surface area contributed by atoms with Crippen LogP contribution in [0.1, 0.15) is 13.3 Å². The third-order valence-corrected chi connectivity index (χ3v) is 2.67. The SMILES string of the molecule is COCC(C)OCCC(=O)Nc1ccc(OC)cc1N. The standard InChI is InChI=1S/C14H22N2O4/c1-10(9-18-2)20-7-6-14(17)16-13-5-4-11(19-3)8-12(13)15/h4-5,8,10H,6-7,9,15H2,1-3H3,(H,16,17). The van der Waals surface area contributed by atoms with Gasteiger partial charge < -0.3 is 25.3 Å². The maximum Gasteiger partial charge on any atom is 0.226 e. The maximum absolute atomic E-state index is 11.7. The summed E-state index contributed by atoms with van der Waals surface area (Å²) >= 11 is 0. The molecule has 0 radical (unpaired) electrons. The van der Waals surface area contributed by atoms with Gasteiger partial charge in [-0.1, -0.05) is 0 Å². The van der Waals surface area contributed by atoms with Gasteiger partial charge in [-0.05, 0) is 19.1 Å². The fraction of sp³-hybridized carbons (Fsp3) is 0.500. The minimum atomic E-state index is -0.147. The van der Waals surface area contributed by atoms with Crippen molar-refractivity contribution in [1.29, 1.82) is 0 Å². The van der Waals surface area contributed by atoms with E-state index in [1.54, 1.807) is 32.4 Å². The summed E-state index contributed by atoms with van der Waals surface area (Å²) < 4.78 is 15.4. The molecule has 1 amide bonds. The first kappa shape index (κ1) is 16.3. The molecule has 20 heavy (non-hydrogen) atoms. The molecule has 0 saturated heterocycles. The lowest BCUT2D eigenvalue weighted by atomic mass is 10.2. The number of methoxy groups -OCH3 is 2. The molecule has 0 fully saturated rings. The van der Waals surface area contributed by atoms with Crippen molar-refractivity contribution in [2.45, 2.75) is 19.4 Å². The van der Waals surface area contributed by atoms with Gasteiger partial charge in [-0.15, -0.1) is 0 Å². The number of carbonyl (C=O) groups is 1. The number of nitrogens with two attached hydrogens (primary N) is 1. The Morgan fingerprint density at radius 1 is 1.40 bits per heavy atom. The summed E-state index contributed by atoms with van der Waals surface area (Å²) in [5, 5.41) is 2.74. The van der Waals surface area contributed by atoms with Gasteiger partial charge >= 0.3 is 0 Å². The van der Waals surface area contributed by atoms with Gasteiger partial charge in [0.15, 0.2) is 0 Å². The van der Waals surface area contributed by atoms with Gasteiger partial charge in [-0.25, -0.2) is 0 Å². The molecule has 0 aliphatic rings. The minimum Gasteiger partial charge on any atom is -0.497 e. The van der Waals surface area contributed by atoms with E-state index in [0.717, 1.165) is 0 Å². The van der Waals surface area contributed by atoms with Gasteiger partial charge in [0.05, 0.1) is 44.2 Å². The highest BCUT2D eigenvalue weighted by atomic mass is 16.5. The average molecular weight is 282 g/mol. The summed E-state index contributed by atoms with van der Waals surface area (Å²) in [6.07, 6.45) is 0.235. The van der Waals surface area contributed by atoms with Crippen molar-refractivity contribution in [3.8, 4) is 5.75 Å². The van der Waals surface area contributed by atoms with Crippen molar-refractivity contribution in [3.63, 3.8) is 0 Å². The lowest BCUT2D eigenvalue weighted by Crippen LogP contribution is -2.20. The Morgan fingerprint density at radius 3 is 2.75 bits per heavy atom. The summed E-state index contributed by atoms with van der Waals surface area (Å²) in [6, 6.07) is 5.11. The van der Waals surface area contributed by atoms with Crippen LogP contribution in [0, 0.1) is 0 Å². The first-order valence-corrected chi connectivity index (χ1v) is 6.40. The van der Waals surface area contributed by atoms with E-state index < -0.39 is 0 Å². The molecule has 1 aromatic rings. The van der Waals surface area contributed by atoms with Crippen LogP contribution >= 0.6 is 0 Å². The fourth-order valence-electron chi connectivity index (χ4n) is 1.63. The molecule has 1 rings (SSSR count). The van der Waals surface area contributed by atoms with Gasteiger partial charge in [-0.3, -0.25) is 4.79 Å². The van der Waals surface area contributed by atoms with Gasteiger partial charge in [0.1, 0.15) is 5.75 Å². The molecule has 0 aliphatic heterocycles. The quantitative estimate of drug-likeness (QED) is 0.708. The summed E-state index contributed by atoms with van der Waals surface area (Å²) in [7, 11) is 3.17. The molecule has 0 aromatic heterocycles. The Kier molecular flexibility index (Phi) is 6.83. The molecule has 6 heteroatoms. The van der Waals surface area contributed by atoms with E-state index in [2.05, 4.69) is 5.32 Å². The lowest BCUT2D eigenvalue weighted by molar-refractivity contribution is -0.117. The van der Waals surface area contributed by atoms with Gasteiger partial charge in [0.25, 0.3) is 0 Å². The van der Waals surface area contributed by atoms with Crippen LogP contribution < -0.4 is 15.8 Å². The third-order valence-electron chi connectivity index (χ3n) is 2.67. The second kappa shape index (κ2) is 8.39. The molecule has 3 N–H and O–H groups in total. The normalized spacial score (nSPS) is 11.9. The Labute approximate surface area is 119 Å². The van der Waals surface area contributed by atoms with Crippen molar-refractivity contribution >= 4 is 17.3 Å². The number of nitrogens with one attached hydrogen (secondary N) is 1. The summed E-state index contributed by atoms with van der Waals surface area (Å²) in [6.45, 7) is 2.74. The Hall–Kier alpha value is -1.79. The Balaban J connectivity index is 2.39. The van der Waals surface area contributed by atoms with Crippen LogP contribution in [0.2, 0.25) is 0 Å². The van der Waals surface area contributed by atoms with Crippen LogP contribution in [0.3, 0.4) is 0 Å². The molecule has 0 aliphatic carbocycles. The Morgan fingerprint density at radius 2 is 2.15 bits per heavy atom. The largest absolute Gasteiger partial charge is 0.497 e. The van der Waals surface area contributed by atoms with Crippen LogP contribution in [0.4, 0.5) is 11.4 Å².